The van der Waals surface area contributed by atoms with Crippen molar-refractivity contribution >= 4 is 17.5 Å². The van der Waals surface area contributed by atoms with Crippen molar-refractivity contribution in [1.29, 1.82) is 0 Å². The third-order valence-electron chi connectivity index (χ3n) is 4.76. The van der Waals surface area contributed by atoms with Crippen molar-refractivity contribution in [2.24, 2.45) is 32.2 Å². The summed E-state index contributed by atoms with van der Waals surface area (Å²) >= 11 is 0. The Kier molecular flexibility index (Phi) is 19.5. The number of aliphatic imine (C=N–C) groups is 3. The van der Waals surface area contributed by atoms with Crippen LogP contribution in [0.5, 0.6) is 0 Å². The molecule has 34 heavy (non-hydrogen) atoms. The minimum atomic E-state index is 0.245. The maximum atomic E-state index is 5.95. The number of amidine groups is 3. The molecule has 0 aromatic heterocycles. The highest BCUT2D eigenvalue weighted by molar-refractivity contribution is 5.81. The van der Waals surface area contributed by atoms with Gasteiger partial charge in [-0.1, -0.05) is 0 Å². The highest BCUT2D eigenvalue weighted by Gasteiger charge is 2.05. The Hall–Kier alpha value is -1.75. The highest BCUT2D eigenvalue weighted by Crippen LogP contribution is 1.92. The molecule has 0 saturated carbocycles. The van der Waals surface area contributed by atoms with Crippen molar-refractivity contribution in [3.63, 3.8) is 0 Å². The zero-order valence-electron chi connectivity index (χ0n) is 22.7. The summed E-state index contributed by atoms with van der Waals surface area (Å²) in [7, 11) is 0. The van der Waals surface area contributed by atoms with E-state index >= 15 is 0 Å². The van der Waals surface area contributed by atoms with Gasteiger partial charge in [0, 0.05) is 96.3 Å². The molecule has 0 aromatic rings. The highest BCUT2D eigenvalue weighted by atomic mass is 15.2. The Morgan fingerprint density at radius 1 is 0.529 bits per heavy atom. The quantitative estimate of drug-likeness (QED) is 0.0792. The molecule has 0 spiro atoms. The molecule has 0 fully saturated rings. The zero-order valence-corrected chi connectivity index (χ0v) is 22.7. The lowest BCUT2D eigenvalue weighted by Crippen LogP contribution is -2.41. The van der Waals surface area contributed by atoms with Crippen LogP contribution in [0.1, 0.15) is 60.8 Å². The maximum absolute atomic E-state index is 5.95. The number of nitrogens with zero attached hydrogens (tertiary/aromatic N) is 4. The summed E-state index contributed by atoms with van der Waals surface area (Å²) in [5.41, 5.74) is 17.8. The Labute approximate surface area is 208 Å². The first-order valence-corrected chi connectivity index (χ1v) is 12.9. The largest absolute Gasteiger partial charge is 0.387 e. The molecule has 0 aliphatic heterocycles. The fourth-order valence-electron chi connectivity index (χ4n) is 3.26. The second kappa shape index (κ2) is 20.6. The van der Waals surface area contributed by atoms with Crippen molar-refractivity contribution in [3.05, 3.63) is 0 Å². The first-order chi connectivity index (χ1) is 16.1. The summed E-state index contributed by atoms with van der Waals surface area (Å²) in [6, 6.07) is 0.735. The van der Waals surface area contributed by atoms with Crippen LogP contribution < -0.4 is 33.2 Å². The van der Waals surface area contributed by atoms with Crippen LogP contribution in [0.4, 0.5) is 0 Å². The minimum absolute atomic E-state index is 0.245. The minimum Gasteiger partial charge on any atom is -0.387 e. The summed E-state index contributed by atoms with van der Waals surface area (Å²) in [5.74, 6) is 2.15. The summed E-state index contributed by atoms with van der Waals surface area (Å²) in [6.45, 7) is 20.4. The number of nitrogens with one attached hydrogen (secondary N) is 3. The summed E-state index contributed by atoms with van der Waals surface area (Å²) < 4.78 is 0. The third kappa shape index (κ3) is 22.1. The van der Waals surface area contributed by atoms with Crippen molar-refractivity contribution in [2.45, 2.75) is 78.9 Å². The standard InChI is InChI=1S/C24H54N10/c1-19(2)31-22(25)7-10-28-13-16-34(17-14-29-11-8-23(26)32-20(3)4)18-15-30-12-9-24(27)33-21(5)6/h19-21,28-30H,7-18H2,1-6H3,(H2,25,31)(H2,26,32)(H2,27,33). The SMILES string of the molecule is CC(C)N=C(N)CCNCCN(CCNCCC(N)=NC(C)C)CCNCCC(N)=NC(C)C. The molecular weight excluding hydrogens is 428 g/mol. The van der Waals surface area contributed by atoms with E-state index in [9.17, 15) is 0 Å². The van der Waals surface area contributed by atoms with Crippen LogP contribution in [0.15, 0.2) is 15.0 Å². The van der Waals surface area contributed by atoms with Crippen LogP contribution in [0.25, 0.3) is 0 Å². The van der Waals surface area contributed by atoms with Crippen LogP contribution in [0, 0.1) is 0 Å². The molecule has 10 nitrogen and oxygen atoms in total. The van der Waals surface area contributed by atoms with Gasteiger partial charge in [-0.3, -0.25) is 19.9 Å². The van der Waals surface area contributed by atoms with Gasteiger partial charge >= 0.3 is 0 Å². The first kappa shape index (κ1) is 32.2. The molecule has 0 aliphatic rings. The lowest BCUT2D eigenvalue weighted by Gasteiger charge is -2.23. The van der Waals surface area contributed by atoms with Gasteiger partial charge in [-0.2, -0.15) is 0 Å². The van der Waals surface area contributed by atoms with Gasteiger partial charge in [0.25, 0.3) is 0 Å². The molecule has 0 radical (unpaired) electrons. The normalized spacial score (nSPS) is 13.8. The van der Waals surface area contributed by atoms with Crippen LogP contribution >= 0.6 is 0 Å². The summed E-state index contributed by atoms with van der Waals surface area (Å²) in [5, 5.41) is 10.4. The van der Waals surface area contributed by atoms with Gasteiger partial charge in [0.1, 0.15) is 0 Å². The second-order valence-corrected chi connectivity index (χ2v) is 9.48. The van der Waals surface area contributed by atoms with Crippen LogP contribution in [-0.4, -0.2) is 99.4 Å². The molecule has 10 heteroatoms. The van der Waals surface area contributed by atoms with Crippen molar-refractivity contribution < 1.29 is 0 Å². The lowest BCUT2D eigenvalue weighted by molar-refractivity contribution is 0.273. The van der Waals surface area contributed by atoms with E-state index in [2.05, 4.69) is 35.8 Å². The number of nitrogens with two attached hydrogens (primary N) is 3. The molecule has 200 valence electrons. The zero-order chi connectivity index (χ0) is 25.8. The Bertz CT molecular complexity index is 503. The number of hydrogen-bond donors (Lipinski definition) is 6. The average Bonchev–Trinajstić information content (AvgIpc) is 2.70. The molecule has 0 amide bonds. The van der Waals surface area contributed by atoms with Gasteiger partial charge < -0.3 is 33.2 Å². The van der Waals surface area contributed by atoms with Gasteiger partial charge in [-0.25, -0.2) is 0 Å². The van der Waals surface area contributed by atoms with Gasteiger partial charge in [0.05, 0.1) is 17.5 Å². The van der Waals surface area contributed by atoms with Crippen LogP contribution in [-0.2, 0) is 0 Å². The molecule has 0 rings (SSSR count). The Balaban J connectivity index is 4.32. The Morgan fingerprint density at radius 3 is 1.03 bits per heavy atom. The smallest absolute Gasteiger partial charge is 0.0953 e. The average molecular weight is 483 g/mol. The van der Waals surface area contributed by atoms with E-state index in [1.807, 2.05) is 41.5 Å². The second-order valence-electron chi connectivity index (χ2n) is 9.48. The molecule has 0 unspecified atom stereocenters. The van der Waals surface area contributed by atoms with E-state index in [0.29, 0.717) is 17.5 Å². The fourth-order valence-corrected chi connectivity index (χ4v) is 3.26. The third-order valence-corrected chi connectivity index (χ3v) is 4.76. The molecule has 9 N–H and O–H groups in total. The monoisotopic (exact) mass is 482 g/mol. The molecule has 0 atom stereocenters. The predicted octanol–water partition coefficient (Wildman–Crippen LogP) is 0.524. The Morgan fingerprint density at radius 2 is 0.794 bits per heavy atom. The number of rotatable bonds is 21. The summed E-state index contributed by atoms with van der Waals surface area (Å²) in [4.78, 5) is 15.6. The molecule has 0 heterocycles. The first-order valence-electron chi connectivity index (χ1n) is 12.9. The lowest BCUT2D eigenvalue weighted by atomic mass is 10.3. The topological polar surface area (TPSA) is 154 Å². The van der Waals surface area contributed by atoms with Gasteiger partial charge in [-0.15, -0.1) is 0 Å². The van der Waals surface area contributed by atoms with Crippen molar-refractivity contribution in [3.8, 4) is 0 Å². The maximum Gasteiger partial charge on any atom is 0.0953 e. The van der Waals surface area contributed by atoms with Gasteiger partial charge in [-0.05, 0) is 41.5 Å². The summed E-state index contributed by atoms with van der Waals surface area (Å²) in [6.07, 6.45) is 2.33. The van der Waals surface area contributed by atoms with Gasteiger partial charge in [0.2, 0.25) is 0 Å². The molecule has 0 aliphatic carbocycles. The molecule has 0 aromatic carbocycles. The van der Waals surface area contributed by atoms with Crippen LogP contribution in [0.3, 0.4) is 0 Å². The van der Waals surface area contributed by atoms with E-state index in [4.69, 9.17) is 17.2 Å². The predicted molar refractivity (Wildman–Crippen MR) is 149 cm³/mol. The molecular formula is C24H54N10. The van der Waals surface area contributed by atoms with E-state index in [1.165, 1.54) is 0 Å². The van der Waals surface area contributed by atoms with Crippen LogP contribution in [0.2, 0.25) is 0 Å². The molecule has 0 saturated heterocycles. The van der Waals surface area contributed by atoms with E-state index < -0.39 is 0 Å². The fraction of sp³-hybridized carbons (Fsp3) is 0.875. The van der Waals surface area contributed by atoms with Gasteiger partial charge in [0.15, 0.2) is 0 Å². The van der Waals surface area contributed by atoms with E-state index in [0.717, 1.165) is 78.2 Å². The van der Waals surface area contributed by atoms with E-state index in [1.54, 1.807) is 0 Å². The van der Waals surface area contributed by atoms with E-state index in [-0.39, 0.29) is 18.1 Å². The number of hydrogen-bond acceptors (Lipinski definition) is 7. The van der Waals surface area contributed by atoms with Crippen molar-refractivity contribution in [2.75, 3.05) is 58.9 Å². The van der Waals surface area contributed by atoms with Crippen molar-refractivity contribution in [1.82, 2.24) is 20.9 Å². The molecule has 0 bridgehead atoms.